The summed E-state index contributed by atoms with van der Waals surface area (Å²) < 4.78 is 39.5. The van der Waals surface area contributed by atoms with Crippen molar-refractivity contribution in [3.05, 3.63) is 79.0 Å². The minimum absolute atomic E-state index is 0.317. The Kier molecular flexibility index (Phi) is 5.00. The van der Waals surface area contributed by atoms with Gasteiger partial charge in [-0.25, -0.2) is 22.8 Å². The van der Waals surface area contributed by atoms with Gasteiger partial charge in [0.25, 0.3) is 0 Å². The second-order valence-electron chi connectivity index (χ2n) is 8.33. The first-order chi connectivity index (χ1) is 17.3. The van der Waals surface area contributed by atoms with Crippen LogP contribution in [0.15, 0.2) is 73.2 Å². The molecule has 11 heteroatoms. The molecule has 0 bridgehead atoms. The standard InChI is InChI=1S/C25H18FN7O2S/c1-36(34,35)33-18-9-15(11-27-13-18)16-10-20-23(31-32-24(20)28-12-16)25-29-21-7-3-6-19(22(21)30-25)14-4-2-5-17(26)8-14/h2-13,33H,1H3,(H,29,30)(H,28,31,32). The maximum atomic E-state index is 13.9. The number of halogens is 1. The average Bonchev–Trinajstić information content (AvgIpc) is 3.46. The highest BCUT2D eigenvalue weighted by Crippen LogP contribution is 2.33. The van der Waals surface area contributed by atoms with Crippen molar-refractivity contribution in [2.24, 2.45) is 0 Å². The first-order valence-electron chi connectivity index (χ1n) is 10.9. The van der Waals surface area contributed by atoms with Gasteiger partial charge in [-0.2, -0.15) is 5.10 Å². The van der Waals surface area contributed by atoms with Crippen LogP contribution in [0.1, 0.15) is 0 Å². The van der Waals surface area contributed by atoms with E-state index in [1.807, 2.05) is 30.3 Å². The topological polar surface area (TPSA) is 129 Å². The summed E-state index contributed by atoms with van der Waals surface area (Å²) in [5, 5.41) is 8.08. The molecule has 178 valence electrons. The third kappa shape index (κ3) is 4.05. The number of imidazole rings is 1. The number of hydrogen-bond acceptors (Lipinski definition) is 6. The second kappa shape index (κ2) is 8.24. The van der Waals surface area contributed by atoms with E-state index in [9.17, 15) is 12.8 Å². The van der Waals surface area contributed by atoms with Gasteiger partial charge < -0.3 is 4.98 Å². The summed E-state index contributed by atoms with van der Waals surface area (Å²) in [4.78, 5) is 16.7. The van der Waals surface area contributed by atoms with Crippen LogP contribution >= 0.6 is 0 Å². The number of H-pyrrole nitrogens is 2. The fourth-order valence-electron chi connectivity index (χ4n) is 4.14. The molecule has 0 saturated heterocycles. The molecule has 0 aliphatic carbocycles. The average molecular weight is 500 g/mol. The Labute approximate surface area is 204 Å². The van der Waals surface area contributed by atoms with Crippen molar-refractivity contribution in [2.75, 3.05) is 11.0 Å². The van der Waals surface area contributed by atoms with E-state index in [0.717, 1.165) is 33.8 Å². The van der Waals surface area contributed by atoms with Crippen molar-refractivity contribution < 1.29 is 12.8 Å². The fourth-order valence-corrected chi connectivity index (χ4v) is 4.68. The number of fused-ring (bicyclic) bond motifs is 2. The lowest BCUT2D eigenvalue weighted by Gasteiger charge is -2.06. The molecule has 0 aliphatic heterocycles. The van der Waals surface area contributed by atoms with Gasteiger partial charge in [0.05, 0.1) is 34.6 Å². The Bertz CT molecular complexity index is 1880. The zero-order valence-electron chi connectivity index (χ0n) is 18.8. The normalized spacial score (nSPS) is 11.8. The van der Waals surface area contributed by atoms with Gasteiger partial charge in [-0.3, -0.25) is 14.8 Å². The third-order valence-corrected chi connectivity index (χ3v) is 6.27. The Morgan fingerprint density at radius 1 is 0.944 bits per heavy atom. The van der Waals surface area contributed by atoms with Gasteiger partial charge in [0.2, 0.25) is 10.0 Å². The lowest BCUT2D eigenvalue weighted by molar-refractivity contribution is 0.606. The van der Waals surface area contributed by atoms with Crippen LogP contribution in [0.2, 0.25) is 0 Å². The smallest absolute Gasteiger partial charge is 0.229 e. The summed E-state index contributed by atoms with van der Waals surface area (Å²) >= 11 is 0. The SMILES string of the molecule is CS(=O)(=O)Nc1cncc(-c2cnc3[nH]nc(-c4nc5c(-c6cccc(F)c6)cccc5[nH]4)c3c2)c1. The van der Waals surface area contributed by atoms with Crippen LogP contribution in [0.5, 0.6) is 0 Å². The van der Waals surface area contributed by atoms with Crippen LogP contribution in [0.25, 0.3) is 55.8 Å². The number of para-hydroxylation sites is 1. The van der Waals surface area contributed by atoms with E-state index >= 15 is 0 Å². The molecule has 0 unspecified atom stereocenters. The van der Waals surface area contributed by atoms with E-state index in [1.165, 1.54) is 18.3 Å². The summed E-state index contributed by atoms with van der Waals surface area (Å²) in [5.74, 6) is 0.215. The number of pyridine rings is 2. The highest BCUT2D eigenvalue weighted by atomic mass is 32.2. The zero-order chi connectivity index (χ0) is 24.9. The molecule has 0 radical (unpaired) electrons. The van der Waals surface area contributed by atoms with Crippen molar-refractivity contribution in [3.63, 3.8) is 0 Å². The van der Waals surface area contributed by atoms with E-state index in [0.29, 0.717) is 33.9 Å². The number of anilines is 1. The van der Waals surface area contributed by atoms with Crippen molar-refractivity contribution in [1.82, 2.24) is 30.1 Å². The molecule has 0 amide bonds. The summed E-state index contributed by atoms with van der Waals surface area (Å²) in [6.07, 6.45) is 5.80. The van der Waals surface area contributed by atoms with Gasteiger partial charge in [0, 0.05) is 29.1 Å². The minimum atomic E-state index is -3.44. The molecule has 4 aromatic heterocycles. The van der Waals surface area contributed by atoms with E-state index < -0.39 is 10.0 Å². The zero-order valence-corrected chi connectivity index (χ0v) is 19.6. The molecule has 3 N–H and O–H groups in total. The first kappa shape index (κ1) is 21.9. The van der Waals surface area contributed by atoms with Gasteiger partial charge in [-0.15, -0.1) is 0 Å². The molecule has 6 rings (SSSR count). The number of nitrogens with one attached hydrogen (secondary N) is 3. The molecule has 36 heavy (non-hydrogen) atoms. The Morgan fingerprint density at radius 3 is 2.61 bits per heavy atom. The van der Waals surface area contributed by atoms with Crippen LogP contribution in [-0.2, 0) is 10.0 Å². The number of sulfonamides is 1. The lowest BCUT2D eigenvalue weighted by atomic mass is 10.0. The predicted molar refractivity (Wildman–Crippen MR) is 136 cm³/mol. The van der Waals surface area contributed by atoms with Crippen molar-refractivity contribution in [2.45, 2.75) is 0 Å². The summed E-state index contributed by atoms with van der Waals surface area (Å²) in [7, 11) is -3.44. The van der Waals surface area contributed by atoms with Crippen LogP contribution in [0.3, 0.4) is 0 Å². The second-order valence-corrected chi connectivity index (χ2v) is 10.1. The van der Waals surface area contributed by atoms with Crippen LogP contribution < -0.4 is 4.72 Å². The molecule has 0 spiro atoms. The summed E-state index contributed by atoms with van der Waals surface area (Å²) in [6, 6.07) is 15.7. The van der Waals surface area contributed by atoms with E-state index in [2.05, 4.69) is 29.9 Å². The highest BCUT2D eigenvalue weighted by molar-refractivity contribution is 7.92. The monoisotopic (exact) mass is 499 g/mol. The largest absolute Gasteiger partial charge is 0.337 e. The van der Waals surface area contributed by atoms with Crippen molar-refractivity contribution >= 4 is 37.8 Å². The van der Waals surface area contributed by atoms with Gasteiger partial charge >= 0.3 is 0 Å². The molecule has 0 fully saturated rings. The minimum Gasteiger partial charge on any atom is -0.337 e. The third-order valence-electron chi connectivity index (χ3n) is 5.66. The Morgan fingerprint density at radius 2 is 1.78 bits per heavy atom. The number of rotatable bonds is 5. The molecule has 0 aliphatic rings. The van der Waals surface area contributed by atoms with Crippen molar-refractivity contribution in [1.29, 1.82) is 0 Å². The fraction of sp³-hybridized carbons (Fsp3) is 0.0400. The number of nitrogens with zero attached hydrogens (tertiary/aromatic N) is 4. The molecule has 9 nitrogen and oxygen atoms in total. The molecule has 0 saturated carbocycles. The van der Waals surface area contributed by atoms with Gasteiger partial charge in [-0.1, -0.05) is 24.3 Å². The number of benzene rings is 2. The van der Waals surface area contributed by atoms with E-state index in [1.54, 1.807) is 24.5 Å². The van der Waals surface area contributed by atoms with Gasteiger partial charge in [0.1, 0.15) is 11.5 Å². The number of aromatic amines is 2. The first-order valence-corrected chi connectivity index (χ1v) is 12.8. The van der Waals surface area contributed by atoms with Crippen LogP contribution in [0, 0.1) is 5.82 Å². The maximum Gasteiger partial charge on any atom is 0.229 e. The van der Waals surface area contributed by atoms with E-state index in [4.69, 9.17) is 4.98 Å². The lowest BCUT2D eigenvalue weighted by Crippen LogP contribution is -2.09. The van der Waals surface area contributed by atoms with Gasteiger partial charge in [-0.05, 0) is 35.9 Å². The van der Waals surface area contributed by atoms with E-state index in [-0.39, 0.29) is 5.82 Å². The highest BCUT2D eigenvalue weighted by Gasteiger charge is 2.17. The quantitative estimate of drug-likeness (QED) is 0.314. The Balaban J connectivity index is 1.45. The van der Waals surface area contributed by atoms with Crippen molar-refractivity contribution in [3.8, 4) is 33.8 Å². The molecular weight excluding hydrogens is 481 g/mol. The van der Waals surface area contributed by atoms with Crippen LogP contribution in [0.4, 0.5) is 10.1 Å². The molecule has 6 aromatic rings. The van der Waals surface area contributed by atoms with Crippen LogP contribution in [-0.4, -0.2) is 44.8 Å². The molecule has 2 aromatic carbocycles. The van der Waals surface area contributed by atoms with Gasteiger partial charge in [0.15, 0.2) is 11.5 Å². The molecule has 4 heterocycles. The maximum absolute atomic E-state index is 13.9. The summed E-state index contributed by atoms with van der Waals surface area (Å²) in [6.45, 7) is 0. The predicted octanol–water partition coefficient (Wildman–Crippen LogP) is 4.74. The number of hydrogen-bond donors (Lipinski definition) is 3. The molecule has 0 atom stereocenters. The Hall–Kier alpha value is -4.64. The number of aromatic nitrogens is 6. The molecular formula is C25H18FN7O2S. The summed E-state index contributed by atoms with van der Waals surface area (Å²) in [5.41, 5.74) is 5.91.